The number of carbonyl (C=O) groups is 3. The fourth-order valence-electron chi connectivity index (χ4n) is 1.61. The molecule has 7 heteroatoms. The van der Waals surface area contributed by atoms with Crippen molar-refractivity contribution in [3.63, 3.8) is 0 Å². The number of nitrogens with zero attached hydrogens (tertiary/aromatic N) is 1. The number of carboxylic acids is 1. The fraction of sp³-hybridized carbons (Fsp3) is 0.462. The van der Waals surface area contributed by atoms with Gasteiger partial charge in [0.1, 0.15) is 0 Å². The van der Waals surface area contributed by atoms with Crippen molar-refractivity contribution in [2.24, 2.45) is 0 Å². The van der Waals surface area contributed by atoms with Crippen LogP contribution in [0.1, 0.15) is 30.3 Å². The minimum Gasteiger partial charge on any atom is -0.481 e. The van der Waals surface area contributed by atoms with Crippen molar-refractivity contribution in [2.75, 3.05) is 13.6 Å². The molecule has 1 rings (SSSR count). The van der Waals surface area contributed by atoms with E-state index in [9.17, 15) is 14.4 Å². The molecule has 0 spiro atoms. The van der Waals surface area contributed by atoms with E-state index in [2.05, 4.69) is 5.32 Å². The smallest absolute Gasteiger partial charge is 0.303 e. The van der Waals surface area contributed by atoms with E-state index in [0.717, 1.165) is 0 Å². The molecule has 0 aliphatic heterocycles. The molecule has 1 atom stereocenters. The first-order valence-electron chi connectivity index (χ1n) is 6.20. The number of furan rings is 1. The molecule has 0 fully saturated rings. The maximum absolute atomic E-state index is 11.8. The predicted octanol–water partition coefficient (Wildman–Crippen LogP) is 0.721. The molecule has 0 aliphatic carbocycles. The van der Waals surface area contributed by atoms with Gasteiger partial charge in [-0.1, -0.05) is 0 Å². The van der Waals surface area contributed by atoms with Crippen LogP contribution in [0.25, 0.3) is 0 Å². The fourth-order valence-corrected chi connectivity index (χ4v) is 1.61. The Balaban J connectivity index is 2.38. The van der Waals surface area contributed by atoms with Gasteiger partial charge in [0.2, 0.25) is 5.91 Å². The number of rotatable bonds is 7. The third kappa shape index (κ3) is 5.13. The zero-order valence-corrected chi connectivity index (χ0v) is 11.5. The van der Waals surface area contributed by atoms with Crippen molar-refractivity contribution in [3.05, 3.63) is 24.2 Å². The van der Waals surface area contributed by atoms with Crippen LogP contribution in [0, 0.1) is 0 Å². The lowest BCUT2D eigenvalue weighted by atomic mass is 10.2. The van der Waals surface area contributed by atoms with Gasteiger partial charge >= 0.3 is 5.97 Å². The van der Waals surface area contributed by atoms with E-state index in [4.69, 9.17) is 9.52 Å². The maximum Gasteiger partial charge on any atom is 0.303 e. The molecule has 1 aromatic heterocycles. The predicted molar refractivity (Wildman–Crippen MR) is 70.1 cm³/mol. The second-order valence-electron chi connectivity index (χ2n) is 4.54. The van der Waals surface area contributed by atoms with E-state index < -0.39 is 5.97 Å². The lowest BCUT2D eigenvalue weighted by Gasteiger charge is -2.18. The van der Waals surface area contributed by atoms with Crippen LogP contribution in [-0.4, -0.2) is 47.4 Å². The maximum atomic E-state index is 11.8. The summed E-state index contributed by atoms with van der Waals surface area (Å²) in [5.74, 6) is -1.47. The lowest BCUT2D eigenvalue weighted by molar-refractivity contribution is -0.137. The monoisotopic (exact) mass is 282 g/mol. The summed E-state index contributed by atoms with van der Waals surface area (Å²) >= 11 is 0. The molecular weight excluding hydrogens is 264 g/mol. The molecule has 1 aromatic rings. The summed E-state index contributed by atoms with van der Waals surface area (Å²) in [6, 6.07) is 2.85. The Kier molecular flexibility index (Phi) is 5.76. The van der Waals surface area contributed by atoms with E-state index in [0.29, 0.717) is 6.42 Å². The van der Waals surface area contributed by atoms with E-state index in [1.807, 2.05) is 0 Å². The third-order valence-corrected chi connectivity index (χ3v) is 2.66. The van der Waals surface area contributed by atoms with Gasteiger partial charge in [-0.2, -0.15) is 0 Å². The van der Waals surface area contributed by atoms with Crippen molar-refractivity contribution >= 4 is 17.8 Å². The Bertz CT molecular complexity index is 469. The molecule has 0 radical (unpaired) electrons. The van der Waals surface area contributed by atoms with E-state index in [1.165, 1.54) is 24.3 Å². The zero-order valence-electron chi connectivity index (χ0n) is 11.5. The van der Waals surface area contributed by atoms with Crippen LogP contribution in [0.4, 0.5) is 0 Å². The Morgan fingerprint density at radius 2 is 2.15 bits per heavy atom. The van der Waals surface area contributed by atoms with Crippen LogP contribution in [-0.2, 0) is 9.59 Å². The topological polar surface area (TPSA) is 99.9 Å². The number of aliphatic carboxylic acids is 1. The molecule has 110 valence electrons. The molecule has 1 unspecified atom stereocenters. The van der Waals surface area contributed by atoms with Gasteiger partial charge in [0, 0.05) is 19.5 Å². The Labute approximate surface area is 116 Å². The summed E-state index contributed by atoms with van der Waals surface area (Å²) in [4.78, 5) is 35.2. The SMILES string of the molecule is CC(CCC(=O)O)NC(=O)CN(C)C(=O)c1ccco1. The van der Waals surface area contributed by atoms with Crippen LogP contribution in [0.3, 0.4) is 0 Å². The van der Waals surface area contributed by atoms with Crippen molar-refractivity contribution in [1.29, 1.82) is 0 Å². The second-order valence-corrected chi connectivity index (χ2v) is 4.54. The summed E-state index contributed by atoms with van der Waals surface area (Å²) in [6.07, 6.45) is 1.72. The van der Waals surface area contributed by atoms with Crippen LogP contribution < -0.4 is 5.32 Å². The summed E-state index contributed by atoms with van der Waals surface area (Å²) in [7, 11) is 1.49. The summed E-state index contributed by atoms with van der Waals surface area (Å²) in [5.41, 5.74) is 0. The highest BCUT2D eigenvalue weighted by atomic mass is 16.4. The van der Waals surface area contributed by atoms with E-state index >= 15 is 0 Å². The third-order valence-electron chi connectivity index (χ3n) is 2.66. The van der Waals surface area contributed by atoms with Gasteiger partial charge in [-0.05, 0) is 25.5 Å². The van der Waals surface area contributed by atoms with Crippen molar-refractivity contribution in [1.82, 2.24) is 10.2 Å². The first-order valence-corrected chi connectivity index (χ1v) is 6.20. The normalized spacial score (nSPS) is 11.7. The molecule has 0 bridgehead atoms. The Morgan fingerprint density at radius 3 is 2.70 bits per heavy atom. The van der Waals surface area contributed by atoms with Gasteiger partial charge in [0.15, 0.2) is 5.76 Å². The molecule has 7 nitrogen and oxygen atoms in total. The highest BCUT2D eigenvalue weighted by Gasteiger charge is 2.18. The van der Waals surface area contributed by atoms with Crippen LogP contribution in [0.2, 0.25) is 0 Å². The average molecular weight is 282 g/mol. The minimum atomic E-state index is -0.906. The first kappa shape index (κ1) is 15.7. The van der Waals surface area contributed by atoms with Gasteiger partial charge in [0.25, 0.3) is 5.91 Å². The van der Waals surface area contributed by atoms with Crippen molar-refractivity contribution in [3.8, 4) is 0 Å². The highest BCUT2D eigenvalue weighted by Crippen LogP contribution is 2.04. The number of hydrogen-bond donors (Lipinski definition) is 2. The van der Waals surface area contributed by atoms with Gasteiger partial charge in [-0.3, -0.25) is 14.4 Å². The van der Waals surface area contributed by atoms with Gasteiger partial charge in [-0.25, -0.2) is 0 Å². The number of nitrogens with one attached hydrogen (secondary N) is 1. The van der Waals surface area contributed by atoms with Crippen molar-refractivity contribution < 1.29 is 23.9 Å². The summed E-state index contributed by atoms with van der Waals surface area (Å²) < 4.78 is 4.96. The Hall–Kier alpha value is -2.31. The lowest BCUT2D eigenvalue weighted by Crippen LogP contribution is -2.41. The molecule has 2 N–H and O–H groups in total. The van der Waals surface area contributed by atoms with Gasteiger partial charge in [-0.15, -0.1) is 0 Å². The van der Waals surface area contributed by atoms with Gasteiger partial charge < -0.3 is 19.7 Å². The summed E-state index contributed by atoms with van der Waals surface area (Å²) in [5, 5.41) is 11.2. The molecule has 2 amide bonds. The molecular formula is C13H18N2O5. The average Bonchev–Trinajstić information content (AvgIpc) is 2.88. The molecule has 0 saturated carbocycles. The molecule has 0 saturated heterocycles. The largest absolute Gasteiger partial charge is 0.481 e. The van der Waals surface area contributed by atoms with Crippen molar-refractivity contribution in [2.45, 2.75) is 25.8 Å². The van der Waals surface area contributed by atoms with Crippen LogP contribution >= 0.6 is 0 Å². The molecule has 1 heterocycles. The molecule has 0 aromatic carbocycles. The van der Waals surface area contributed by atoms with E-state index in [-0.39, 0.29) is 36.6 Å². The van der Waals surface area contributed by atoms with Gasteiger partial charge in [0.05, 0.1) is 12.8 Å². The standard InChI is InChI=1S/C13H18N2O5/c1-9(5-6-12(17)18)14-11(16)8-15(2)13(19)10-4-3-7-20-10/h3-4,7,9H,5-6,8H2,1-2H3,(H,14,16)(H,17,18). The quantitative estimate of drug-likeness (QED) is 0.767. The Morgan fingerprint density at radius 1 is 1.45 bits per heavy atom. The highest BCUT2D eigenvalue weighted by molar-refractivity contribution is 5.94. The second kappa shape index (κ2) is 7.32. The number of likely N-dealkylation sites (N-methyl/N-ethyl adjacent to an activating group) is 1. The molecule has 0 aliphatic rings. The summed E-state index contributed by atoms with van der Waals surface area (Å²) in [6.45, 7) is 1.60. The number of hydrogen-bond acceptors (Lipinski definition) is 4. The van der Waals surface area contributed by atoms with E-state index in [1.54, 1.807) is 13.0 Å². The zero-order chi connectivity index (χ0) is 15.1. The van der Waals surface area contributed by atoms with Crippen LogP contribution in [0.15, 0.2) is 22.8 Å². The van der Waals surface area contributed by atoms with Crippen LogP contribution in [0.5, 0.6) is 0 Å². The minimum absolute atomic E-state index is 0.0113. The number of carbonyl (C=O) groups excluding carboxylic acids is 2. The molecule has 20 heavy (non-hydrogen) atoms. The number of amides is 2. The number of carboxylic acid groups (broad SMARTS) is 1. The first-order chi connectivity index (χ1) is 9.40.